The van der Waals surface area contributed by atoms with Gasteiger partial charge in [-0.25, -0.2) is 8.78 Å². The van der Waals surface area contributed by atoms with E-state index in [4.69, 9.17) is 0 Å². The number of alkyl halides is 5. The van der Waals surface area contributed by atoms with Crippen LogP contribution in [0.5, 0.6) is 0 Å². The molecule has 0 aliphatic rings. The minimum Gasteiger partial charge on any atom is -0.363 e. The molecule has 0 aromatic rings. The van der Waals surface area contributed by atoms with Gasteiger partial charge in [-0.15, -0.1) is 0 Å². The molecule has 0 fully saturated rings. The molecule has 0 heterocycles. The second-order valence-electron chi connectivity index (χ2n) is 2.87. The van der Waals surface area contributed by atoms with Crippen molar-refractivity contribution < 1.29 is 26.7 Å². The van der Waals surface area contributed by atoms with Crippen LogP contribution in [0.4, 0.5) is 22.0 Å². The van der Waals surface area contributed by atoms with Crippen LogP contribution in [0.3, 0.4) is 0 Å². The highest BCUT2D eigenvalue weighted by Gasteiger charge is 2.46. The number of rotatable bonds is 6. The molecule has 0 bridgehead atoms. The summed E-state index contributed by atoms with van der Waals surface area (Å²) in [7, 11) is 0. The number of hydrogen-bond donors (Lipinski definition) is 0. The Kier molecular flexibility index (Phi) is 5.99. The Morgan fingerprint density at radius 2 is 1.71 bits per heavy atom. The van der Waals surface area contributed by atoms with Crippen LogP contribution in [0.2, 0.25) is 0 Å². The molecule has 0 saturated carbocycles. The molecule has 0 aromatic carbocycles. The van der Waals surface area contributed by atoms with Gasteiger partial charge in [-0.3, -0.25) is 0 Å². The Balaban J connectivity index is 3.87. The van der Waals surface area contributed by atoms with Gasteiger partial charge in [0.25, 0.3) is 6.43 Å². The van der Waals surface area contributed by atoms with Crippen molar-refractivity contribution in [1.29, 1.82) is 0 Å². The fourth-order valence-electron chi connectivity index (χ4n) is 0.872. The summed E-state index contributed by atoms with van der Waals surface area (Å²) in [5.41, 5.74) is 0. The van der Waals surface area contributed by atoms with Gasteiger partial charge in [-0.05, 0) is 6.42 Å². The molecule has 0 rings (SSSR count). The Bertz CT molecular complexity index is 145. The van der Waals surface area contributed by atoms with Gasteiger partial charge in [-0.1, -0.05) is 19.8 Å². The third kappa shape index (κ3) is 5.36. The maximum atomic E-state index is 11.9. The van der Waals surface area contributed by atoms with Crippen molar-refractivity contribution in [2.75, 3.05) is 6.61 Å². The normalized spacial score (nSPS) is 14.8. The molecular weight excluding hydrogens is 207 g/mol. The van der Waals surface area contributed by atoms with Crippen LogP contribution in [-0.4, -0.2) is 25.3 Å². The first-order valence-corrected chi connectivity index (χ1v) is 4.36. The molecule has 14 heavy (non-hydrogen) atoms. The third-order valence-corrected chi connectivity index (χ3v) is 1.60. The van der Waals surface area contributed by atoms with Crippen LogP contribution in [0, 0.1) is 0 Å². The lowest BCUT2D eigenvalue weighted by atomic mass is 10.2. The van der Waals surface area contributed by atoms with Crippen molar-refractivity contribution in [3.8, 4) is 0 Å². The maximum absolute atomic E-state index is 11.9. The first kappa shape index (κ1) is 13.6. The molecule has 86 valence electrons. The minimum atomic E-state index is -4.99. The summed E-state index contributed by atoms with van der Waals surface area (Å²) >= 11 is 0. The van der Waals surface area contributed by atoms with Gasteiger partial charge in [0.1, 0.15) is 0 Å². The molecule has 1 atom stereocenters. The molecule has 0 aliphatic heterocycles. The summed E-state index contributed by atoms with van der Waals surface area (Å²) in [5.74, 6) is 0. The number of unbranched alkanes of at least 4 members (excludes halogenated alkanes) is 2. The molecule has 1 unspecified atom stereocenters. The third-order valence-electron chi connectivity index (χ3n) is 1.60. The zero-order valence-corrected chi connectivity index (χ0v) is 7.78. The van der Waals surface area contributed by atoms with Gasteiger partial charge in [0.15, 0.2) is 0 Å². The van der Waals surface area contributed by atoms with Crippen LogP contribution in [-0.2, 0) is 4.74 Å². The van der Waals surface area contributed by atoms with Gasteiger partial charge in [0.2, 0.25) is 6.10 Å². The van der Waals surface area contributed by atoms with E-state index >= 15 is 0 Å². The molecule has 0 aromatic heterocycles. The average Bonchev–Trinajstić information content (AvgIpc) is 2.01. The Hall–Kier alpha value is -0.390. The minimum absolute atomic E-state index is 0.275. The van der Waals surface area contributed by atoms with E-state index in [0.717, 1.165) is 6.42 Å². The van der Waals surface area contributed by atoms with Gasteiger partial charge in [0, 0.05) is 6.61 Å². The lowest BCUT2D eigenvalue weighted by molar-refractivity contribution is -0.253. The van der Waals surface area contributed by atoms with Crippen molar-refractivity contribution in [3.05, 3.63) is 0 Å². The van der Waals surface area contributed by atoms with E-state index < -0.39 is 18.7 Å². The lowest BCUT2D eigenvalue weighted by Crippen LogP contribution is -2.38. The highest BCUT2D eigenvalue weighted by atomic mass is 19.4. The highest BCUT2D eigenvalue weighted by Crippen LogP contribution is 2.27. The first-order valence-electron chi connectivity index (χ1n) is 4.36. The van der Waals surface area contributed by atoms with E-state index in [1.807, 2.05) is 6.92 Å². The fraction of sp³-hybridized carbons (Fsp3) is 1.00. The highest BCUT2D eigenvalue weighted by molar-refractivity contribution is 4.69. The Morgan fingerprint density at radius 3 is 2.07 bits per heavy atom. The van der Waals surface area contributed by atoms with E-state index in [1.54, 1.807) is 0 Å². The Morgan fingerprint density at radius 1 is 1.14 bits per heavy atom. The smallest absolute Gasteiger partial charge is 0.363 e. The molecule has 6 heteroatoms. The quantitative estimate of drug-likeness (QED) is 0.492. The summed E-state index contributed by atoms with van der Waals surface area (Å²) in [6.07, 6.45) is -9.60. The summed E-state index contributed by atoms with van der Waals surface area (Å²) < 4.78 is 63.4. The van der Waals surface area contributed by atoms with Crippen LogP contribution in [0.1, 0.15) is 26.2 Å². The first-order chi connectivity index (χ1) is 6.39. The zero-order valence-electron chi connectivity index (χ0n) is 7.78. The Labute approximate surface area is 79.2 Å². The molecule has 0 aliphatic carbocycles. The van der Waals surface area contributed by atoms with Gasteiger partial charge in [-0.2, -0.15) is 13.2 Å². The molecule has 0 amide bonds. The summed E-state index contributed by atoms with van der Waals surface area (Å²) in [4.78, 5) is 0. The number of ether oxygens (including phenoxy) is 1. The number of halogens is 5. The van der Waals surface area contributed by atoms with Crippen molar-refractivity contribution in [2.24, 2.45) is 0 Å². The van der Waals surface area contributed by atoms with E-state index in [1.165, 1.54) is 0 Å². The van der Waals surface area contributed by atoms with Gasteiger partial charge < -0.3 is 4.74 Å². The summed E-state index contributed by atoms with van der Waals surface area (Å²) in [6, 6.07) is 0. The van der Waals surface area contributed by atoms with E-state index in [2.05, 4.69) is 4.74 Å². The van der Waals surface area contributed by atoms with Crippen molar-refractivity contribution in [2.45, 2.75) is 44.9 Å². The second-order valence-corrected chi connectivity index (χ2v) is 2.87. The predicted octanol–water partition coefficient (Wildman–Crippen LogP) is 3.39. The van der Waals surface area contributed by atoms with Gasteiger partial charge >= 0.3 is 6.18 Å². The largest absolute Gasteiger partial charge is 0.420 e. The van der Waals surface area contributed by atoms with Crippen LogP contribution in [0.25, 0.3) is 0 Å². The zero-order chi connectivity index (χ0) is 11.2. The monoisotopic (exact) mass is 220 g/mol. The number of hydrogen-bond acceptors (Lipinski definition) is 1. The second kappa shape index (κ2) is 6.16. The molecule has 0 spiro atoms. The van der Waals surface area contributed by atoms with Gasteiger partial charge in [0.05, 0.1) is 0 Å². The lowest BCUT2D eigenvalue weighted by Gasteiger charge is -2.19. The van der Waals surface area contributed by atoms with Crippen LogP contribution < -0.4 is 0 Å². The van der Waals surface area contributed by atoms with Crippen molar-refractivity contribution in [3.63, 3.8) is 0 Å². The van der Waals surface area contributed by atoms with Crippen LogP contribution in [0.15, 0.2) is 0 Å². The van der Waals surface area contributed by atoms with Crippen molar-refractivity contribution >= 4 is 0 Å². The predicted molar refractivity (Wildman–Crippen MR) is 41.3 cm³/mol. The topological polar surface area (TPSA) is 9.23 Å². The molecule has 1 nitrogen and oxygen atoms in total. The maximum Gasteiger partial charge on any atom is 0.420 e. The SMILES string of the molecule is CCCCCOC(C(F)F)C(F)(F)F. The fourth-order valence-corrected chi connectivity index (χ4v) is 0.872. The summed E-state index contributed by atoms with van der Waals surface area (Å²) in [6.45, 7) is 1.58. The molecule has 0 saturated heterocycles. The van der Waals surface area contributed by atoms with E-state index in [0.29, 0.717) is 12.8 Å². The molecule has 0 N–H and O–H groups in total. The molecule has 0 radical (unpaired) electrons. The van der Waals surface area contributed by atoms with E-state index in [-0.39, 0.29) is 6.61 Å². The summed E-state index contributed by atoms with van der Waals surface area (Å²) in [5, 5.41) is 0. The van der Waals surface area contributed by atoms with Crippen molar-refractivity contribution in [1.82, 2.24) is 0 Å². The molecular formula is C8H13F5O. The van der Waals surface area contributed by atoms with Crippen LogP contribution >= 0.6 is 0 Å². The standard InChI is InChI=1S/C8H13F5O/c1-2-3-4-5-14-6(7(9)10)8(11,12)13/h6-7H,2-5H2,1H3. The van der Waals surface area contributed by atoms with E-state index in [9.17, 15) is 22.0 Å². The average molecular weight is 220 g/mol.